The highest BCUT2D eigenvalue weighted by Gasteiger charge is 2.55. The minimum Gasteiger partial charge on any atom is -0.370 e. The SMILES string of the molecule is O=C1CCC(N2C(=O)c3cccc(N4CC5(CC(N6CCN(CC#Cc7ccc(/C=C/c8ccc(C(=O)N9CCc%10cnc(-c%11cnc%12ccccc%12c%11)nc%10C9)cc8)cc7)CC6)C5)C4)c3C2=O)C(=O)N1. The van der Waals surface area contributed by atoms with Crippen LogP contribution in [0, 0.1) is 17.3 Å². The van der Waals surface area contributed by atoms with E-state index >= 15 is 0 Å². The summed E-state index contributed by atoms with van der Waals surface area (Å²) in [5.74, 6) is 5.44. The zero-order valence-corrected chi connectivity index (χ0v) is 39.2. The van der Waals surface area contributed by atoms with Gasteiger partial charge in [0.25, 0.3) is 17.7 Å². The van der Waals surface area contributed by atoms with Crippen LogP contribution in [0.3, 0.4) is 0 Å². The number of fused-ring (bicyclic) bond motifs is 3. The van der Waals surface area contributed by atoms with Crippen LogP contribution in [0.25, 0.3) is 34.4 Å². The number of aromatic nitrogens is 3. The maximum absolute atomic E-state index is 13.6. The van der Waals surface area contributed by atoms with Crippen molar-refractivity contribution in [3.8, 4) is 23.2 Å². The molecule has 0 bridgehead atoms. The number of pyridine rings is 1. The second-order valence-electron chi connectivity index (χ2n) is 19.8. The number of carbonyl (C=O) groups excluding carboxylic acids is 5. The van der Waals surface area contributed by atoms with Crippen molar-refractivity contribution in [2.24, 2.45) is 5.41 Å². The highest BCUT2D eigenvalue weighted by atomic mass is 16.2. The summed E-state index contributed by atoms with van der Waals surface area (Å²) in [5.41, 5.74) is 9.10. The maximum Gasteiger partial charge on any atom is 0.264 e. The van der Waals surface area contributed by atoms with Gasteiger partial charge in [-0.3, -0.25) is 49.0 Å². The van der Waals surface area contributed by atoms with Crippen LogP contribution >= 0.6 is 0 Å². The lowest BCUT2D eigenvalue weighted by molar-refractivity contribution is -0.136. The molecule has 1 saturated carbocycles. The standard InChI is InChI=1S/C57H51N9O5/c67-50-21-20-49(53(68)61-50)66-55(70)45-7-3-9-48(51(45)56(66)71)65-35-57(36-65)30-44(31-57)63-27-25-62(26-28-63)23-4-5-37-10-12-38(13-11-37)14-15-39-16-18-40(19-17-39)54(69)64-24-22-42-32-59-52(60-47(42)34-64)43-29-41-6-1-2-8-46(41)58-33-43/h1-3,6-19,29,32-33,44,49H,20-28,30-31,34-36H2,(H,61,67,68)/b15-14+. The van der Waals surface area contributed by atoms with Gasteiger partial charge in [-0.05, 0) is 90.9 Å². The largest absolute Gasteiger partial charge is 0.370 e. The van der Waals surface area contributed by atoms with Crippen molar-refractivity contribution in [3.63, 3.8) is 0 Å². The van der Waals surface area contributed by atoms with Crippen molar-refractivity contribution in [1.82, 2.24) is 39.9 Å². The number of carbonyl (C=O) groups is 5. The first-order valence-corrected chi connectivity index (χ1v) is 24.6. The minimum atomic E-state index is -0.970. The molecule has 4 fully saturated rings. The Morgan fingerprint density at radius 2 is 1.55 bits per heavy atom. The van der Waals surface area contributed by atoms with Gasteiger partial charge in [0.05, 0.1) is 41.1 Å². The topological polar surface area (TPSA) is 152 Å². The lowest BCUT2D eigenvalue weighted by Crippen LogP contribution is -2.68. The zero-order valence-electron chi connectivity index (χ0n) is 39.2. The van der Waals surface area contributed by atoms with E-state index in [1.165, 1.54) is 0 Å². The molecule has 1 unspecified atom stereocenters. The fraction of sp³-hybridized carbons (Fsp3) is 0.298. The first-order chi connectivity index (χ1) is 34.6. The summed E-state index contributed by atoms with van der Waals surface area (Å²) in [7, 11) is 0. The Bertz CT molecular complexity index is 3250. The van der Waals surface area contributed by atoms with E-state index in [9.17, 15) is 24.0 Å². The van der Waals surface area contributed by atoms with E-state index in [1.54, 1.807) is 12.3 Å². The van der Waals surface area contributed by atoms with Gasteiger partial charge in [0, 0.05) is 98.2 Å². The number of hydrogen-bond donors (Lipinski definition) is 1. The highest BCUT2D eigenvalue weighted by Crippen LogP contribution is 2.52. The van der Waals surface area contributed by atoms with Gasteiger partial charge in [-0.1, -0.05) is 72.5 Å². The number of rotatable bonds is 8. The normalized spacial score (nSPS) is 20.1. The van der Waals surface area contributed by atoms with Crippen LogP contribution in [0.15, 0.2) is 109 Å². The Morgan fingerprint density at radius 3 is 2.32 bits per heavy atom. The minimum absolute atomic E-state index is 0.0116. The number of piperidine rings is 1. The van der Waals surface area contributed by atoms with Crippen molar-refractivity contribution in [2.45, 2.75) is 50.7 Å². The Labute approximate surface area is 411 Å². The van der Waals surface area contributed by atoms with Crippen LogP contribution in [0.5, 0.6) is 0 Å². The highest BCUT2D eigenvalue weighted by molar-refractivity contribution is 6.25. The third-order valence-electron chi connectivity index (χ3n) is 15.3. The lowest BCUT2D eigenvalue weighted by atomic mass is 9.60. The predicted octanol–water partition coefficient (Wildman–Crippen LogP) is 6.10. The molecule has 6 aliphatic rings. The number of imide groups is 2. The van der Waals surface area contributed by atoms with E-state index in [4.69, 9.17) is 4.98 Å². The second kappa shape index (κ2) is 18.1. The van der Waals surface area contributed by atoms with Gasteiger partial charge in [0.1, 0.15) is 6.04 Å². The van der Waals surface area contributed by atoms with Gasteiger partial charge in [0.2, 0.25) is 11.8 Å². The van der Waals surface area contributed by atoms with E-state index in [0.717, 1.165) is 114 Å². The number of piperazine rings is 1. The van der Waals surface area contributed by atoms with E-state index in [0.29, 0.717) is 48.1 Å². The fourth-order valence-corrected chi connectivity index (χ4v) is 11.3. The van der Waals surface area contributed by atoms with Crippen molar-refractivity contribution >= 4 is 58.3 Å². The molecule has 0 radical (unpaired) electrons. The van der Waals surface area contributed by atoms with Crippen LogP contribution < -0.4 is 10.2 Å². The number of anilines is 1. The summed E-state index contributed by atoms with van der Waals surface area (Å²) in [6.07, 6.45) is 11.0. The van der Waals surface area contributed by atoms with Crippen LogP contribution in [0.2, 0.25) is 0 Å². The van der Waals surface area contributed by atoms with Crippen LogP contribution in [0.1, 0.15) is 84.7 Å². The average molecular weight is 942 g/mol. The number of nitrogens with zero attached hydrogens (tertiary/aromatic N) is 8. The van der Waals surface area contributed by atoms with Crippen LogP contribution in [-0.4, -0.2) is 129 Å². The molecular weight excluding hydrogens is 891 g/mol. The first kappa shape index (κ1) is 44.4. The number of benzene rings is 4. The number of hydrogen-bond acceptors (Lipinski definition) is 11. The molecule has 71 heavy (non-hydrogen) atoms. The molecular formula is C57H51N9O5. The number of nitrogens with one attached hydrogen (secondary N) is 1. The van der Waals surface area contributed by atoms with Gasteiger partial charge in [-0.25, -0.2) is 9.97 Å². The van der Waals surface area contributed by atoms with E-state index < -0.39 is 23.8 Å². The monoisotopic (exact) mass is 941 g/mol. The van der Waals surface area contributed by atoms with Crippen molar-refractivity contribution in [1.29, 1.82) is 0 Å². The first-order valence-electron chi connectivity index (χ1n) is 24.6. The third-order valence-corrected chi connectivity index (χ3v) is 15.3. The van der Waals surface area contributed by atoms with E-state index in [2.05, 4.69) is 84.3 Å². The molecule has 7 heterocycles. The Kier molecular flexibility index (Phi) is 11.3. The summed E-state index contributed by atoms with van der Waals surface area (Å²) in [5, 5.41) is 3.31. The van der Waals surface area contributed by atoms with Gasteiger partial charge in [-0.15, -0.1) is 0 Å². The summed E-state index contributed by atoms with van der Waals surface area (Å²) in [6, 6.07) is 31.0. The predicted molar refractivity (Wildman–Crippen MR) is 269 cm³/mol. The Hall–Kier alpha value is -7.86. The molecule has 1 N–H and O–H groups in total. The quantitative estimate of drug-likeness (QED) is 0.107. The molecule has 2 aromatic heterocycles. The number of para-hydroxylation sites is 1. The lowest BCUT2D eigenvalue weighted by Gasteiger charge is -2.62. The van der Waals surface area contributed by atoms with Crippen molar-refractivity contribution in [3.05, 3.63) is 154 Å². The van der Waals surface area contributed by atoms with Gasteiger partial charge in [-0.2, -0.15) is 0 Å². The zero-order chi connectivity index (χ0) is 48.2. The summed E-state index contributed by atoms with van der Waals surface area (Å²) in [6.45, 7) is 7.45. The molecule has 1 atom stereocenters. The summed E-state index contributed by atoms with van der Waals surface area (Å²) in [4.78, 5) is 89.1. The molecule has 14 nitrogen and oxygen atoms in total. The van der Waals surface area contributed by atoms with Crippen molar-refractivity contribution in [2.75, 3.05) is 57.3 Å². The van der Waals surface area contributed by atoms with E-state index in [1.807, 2.05) is 71.8 Å². The molecule has 1 spiro atoms. The molecule has 5 amide bonds. The molecule has 354 valence electrons. The Balaban J connectivity index is 0.580. The van der Waals surface area contributed by atoms with E-state index in [-0.39, 0.29) is 30.1 Å². The van der Waals surface area contributed by atoms with Gasteiger partial charge >= 0.3 is 0 Å². The second-order valence-corrected chi connectivity index (χ2v) is 19.8. The Morgan fingerprint density at radius 1 is 0.789 bits per heavy atom. The summed E-state index contributed by atoms with van der Waals surface area (Å²) < 4.78 is 0. The van der Waals surface area contributed by atoms with Gasteiger partial charge < -0.3 is 9.80 Å². The molecule has 1 aliphatic carbocycles. The number of amides is 5. The average Bonchev–Trinajstić information content (AvgIpc) is 3.63. The molecule has 4 aromatic carbocycles. The molecule has 6 aromatic rings. The summed E-state index contributed by atoms with van der Waals surface area (Å²) >= 11 is 0. The third kappa shape index (κ3) is 8.55. The molecule has 3 saturated heterocycles. The van der Waals surface area contributed by atoms with Crippen LogP contribution in [0.4, 0.5) is 5.69 Å². The van der Waals surface area contributed by atoms with Crippen LogP contribution in [-0.2, 0) is 22.6 Å². The maximum atomic E-state index is 13.6. The smallest absolute Gasteiger partial charge is 0.264 e. The molecule has 14 heteroatoms. The fourth-order valence-electron chi connectivity index (χ4n) is 11.3. The van der Waals surface area contributed by atoms with Gasteiger partial charge in [0.15, 0.2) is 5.82 Å². The molecule has 12 rings (SSSR count). The molecule has 5 aliphatic heterocycles. The van der Waals surface area contributed by atoms with Crippen molar-refractivity contribution < 1.29 is 24.0 Å².